The highest BCUT2D eigenvalue weighted by atomic mass is 32.2. The van der Waals surface area contributed by atoms with Crippen molar-refractivity contribution in [3.05, 3.63) is 101 Å². The van der Waals surface area contributed by atoms with Gasteiger partial charge in [0.1, 0.15) is 11.9 Å². The van der Waals surface area contributed by atoms with Gasteiger partial charge in [-0.05, 0) is 42.7 Å². The van der Waals surface area contributed by atoms with E-state index in [9.17, 15) is 35.6 Å². The third-order valence-corrected chi connectivity index (χ3v) is 8.21. The van der Waals surface area contributed by atoms with Gasteiger partial charge in [0, 0.05) is 38.0 Å². The number of rotatable bonds is 15. The summed E-state index contributed by atoms with van der Waals surface area (Å²) in [5.74, 6) is -1.49. The van der Waals surface area contributed by atoms with Crippen molar-refractivity contribution in [1.82, 2.24) is 10.2 Å². The van der Waals surface area contributed by atoms with Crippen molar-refractivity contribution in [1.29, 1.82) is 0 Å². The smallest absolute Gasteiger partial charge is 0.354 e. The molecule has 0 heterocycles. The van der Waals surface area contributed by atoms with E-state index in [2.05, 4.69) is 5.32 Å². The van der Waals surface area contributed by atoms with Crippen LogP contribution in [0.15, 0.2) is 78.9 Å². The van der Waals surface area contributed by atoms with Crippen LogP contribution in [0.4, 0.5) is 23.2 Å². The number of nitrogens with one attached hydrogen (secondary N) is 1. The monoisotopic (exact) mass is 635 g/mol. The highest BCUT2D eigenvalue weighted by Crippen LogP contribution is 2.32. The van der Waals surface area contributed by atoms with Crippen LogP contribution in [0.5, 0.6) is 0 Å². The minimum atomic E-state index is -4.67. The zero-order chi connectivity index (χ0) is 32.3. The van der Waals surface area contributed by atoms with E-state index in [4.69, 9.17) is 0 Å². The van der Waals surface area contributed by atoms with Crippen LogP contribution in [0.1, 0.15) is 49.3 Å². The number of carbonyl (C=O) groups excluding carboxylic acids is 2. The highest BCUT2D eigenvalue weighted by Gasteiger charge is 2.33. The molecule has 12 heteroatoms. The summed E-state index contributed by atoms with van der Waals surface area (Å²) in [6, 6.07) is 17.9. The second-order valence-electron chi connectivity index (χ2n) is 10.4. The highest BCUT2D eigenvalue weighted by molar-refractivity contribution is 7.92. The third-order valence-electron chi connectivity index (χ3n) is 7.01. The molecule has 0 spiro atoms. The lowest BCUT2D eigenvalue weighted by atomic mass is 10.0. The van der Waals surface area contributed by atoms with Crippen LogP contribution in [0.25, 0.3) is 0 Å². The Balaban J connectivity index is 1.89. The van der Waals surface area contributed by atoms with Crippen molar-refractivity contribution >= 4 is 27.5 Å². The first-order valence-electron chi connectivity index (χ1n) is 14.3. The van der Waals surface area contributed by atoms with Crippen molar-refractivity contribution in [3.8, 4) is 0 Å². The average molecular weight is 636 g/mol. The SMILES string of the molecule is CCCCNC(=O)[C@@H](Cc1ccccc1)N(Cc1ccccc1F)C(=O)CCCN(c1cccc(C(F)(F)F)c1)S(C)(=O)=O. The molecule has 1 atom stereocenters. The first-order chi connectivity index (χ1) is 20.8. The van der Waals surface area contributed by atoms with E-state index in [1.165, 1.54) is 29.2 Å². The molecule has 0 saturated heterocycles. The molecule has 0 aliphatic carbocycles. The van der Waals surface area contributed by atoms with Crippen molar-refractivity contribution in [2.45, 2.75) is 57.8 Å². The Morgan fingerprint density at radius 2 is 1.61 bits per heavy atom. The number of hydrogen-bond acceptors (Lipinski definition) is 4. The van der Waals surface area contributed by atoms with Crippen LogP contribution in [0, 0.1) is 5.82 Å². The van der Waals surface area contributed by atoms with Crippen molar-refractivity contribution in [2.75, 3.05) is 23.7 Å². The van der Waals surface area contributed by atoms with Crippen LogP contribution in [0.2, 0.25) is 0 Å². The molecule has 3 aromatic rings. The molecular weight excluding hydrogens is 598 g/mol. The second-order valence-corrected chi connectivity index (χ2v) is 12.4. The molecular formula is C32H37F4N3O4S. The third kappa shape index (κ3) is 10.1. The zero-order valence-corrected chi connectivity index (χ0v) is 25.5. The van der Waals surface area contributed by atoms with E-state index in [0.717, 1.165) is 47.2 Å². The van der Waals surface area contributed by atoms with Gasteiger partial charge in [-0.1, -0.05) is 67.9 Å². The molecule has 1 N–H and O–H groups in total. The number of carbonyl (C=O) groups is 2. The lowest BCUT2D eigenvalue weighted by Gasteiger charge is -2.32. The molecule has 0 bridgehead atoms. The van der Waals surface area contributed by atoms with E-state index in [1.54, 1.807) is 18.2 Å². The summed E-state index contributed by atoms with van der Waals surface area (Å²) in [5, 5.41) is 2.87. The summed E-state index contributed by atoms with van der Waals surface area (Å²) in [6.07, 6.45) is -2.40. The fraction of sp³-hybridized carbons (Fsp3) is 0.375. The van der Waals surface area contributed by atoms with Gasteiger partial charge in [-0.15, -0.1) is 0 Å². The van der Waals surface area contributed by atoms with Crippen LogP contribution < -0.4 is 9.62 Å². The first-order valence-corrected chi connectivity index (χ1v) is 16.2. The Hall–Kier alpha value is -3.93. The van der Waals surface area contributed by atoms with E-state index in [-0.39, 0.29) is 43.6 Å². The average Bonchev–Trinajstić information content (AvgIpc) is 2.97. The van der Waals surface area contributed by atoms with Gasteiger partial charge in [-0.25, -0.2) is 12.8 Å². The summed E-state index contributed by atoms with van der Waals surface area (Å²) in [6.45, 7) is 1.86. The van der Waals surface area contributed by atoms with Crippen molar-refractivity contribution in [3.63, 3.8) is 0 Å². The lowest BCUT2D eigenvalue weighted by molar-refractivity contribution is -0.141. The largest absolute Gasteiger partial charge is 0.416 e. The van der Waals surface area contributed by atoms with E-state index < -0.39 is 45.4 Å². The number of unbranched alkanes of at least 4 members (excludes halogenated alkanes) is 1. The predicted octanol–water partition coefficient (Wildman–Crippen LogP) is 5.95. The van der Waals surface area contributed by atoms with Crippen LogP contribution >= 0.6 is 0 Å². The Labute approximate surface area is 255 Å². The van der Waals surface area contributed by atoms with Gasteiger partial charge in [0.2, 0.25) is 21.8 Å². The van der Waals surface area contributed by atoms with Crippen LogP contribution in [-0.2, 0) is 38.8 Å². The molecule has 0 radical (unpaired) electrons. The Bertz CT molecular complexity index is 1500. The van der Waals surface area contributed by atoms with Crippen molar-refractivity contribution in [2.24, 2.45) is 0 Å². The maximum atomic E-state index is 14.8. The lowest BCUT2D eigenvalue weighted by Crippen LogP contribution is -2.50. The number of alkyl halides is 3. The molecule has 0 aliphatic rings. The molecule has 0 saturated carbocycles. The number of sulfonamides is 1. The van der Waals surface area contributed by atoms with E-state index >= 15 is 0 Å². The van der Waals surface area contributed by atoms with Crippen LogP contribution in [0.3, 0.4) is 0 Å². The molecule has 3 aromatic carbocycles. The number of hydrogen-bond donors (Lipinski definition) is 1. The van der Waals surface area contributed by atoms with Gasteiger partial charge in [0.05, 0.1) is 17.5 Å². The van der Waals surface area contributed by atoms with Gasteiger partial charge in [0.15, 0.2) is 0 Å². The predicted molar refractivity (Wildman–Crippen MR) is 162 cm³/mol. The van der Waals surface area contributed by atoms with E-state index in [0.29, 0.717) is 6.54 Å². The molecule has 2 amide bonds. The zero-order valence-electron chi connectivity index (χ0n) is 24.7. The molecule has 0 aliphatic heterocycles. The summed E-state index contributed by atoms with van der Waals surface area (Å²) < 4.78 is 80.6. The number of halogens is 4. The van der Waals surface area contributed by atoms with Gasteiger partial charge in [-0.2, -0.15) is 13.2 Å². The van der Waals surface area contributed by atoms with Crippen molar-refractivity contribution < 1.29 is 35.6 Å². The second kappa shape index (κ2) is 15.7. The summed E-state index contributed by atoms with van der Waals surface area (Å²) in [7, 11) is -4.01. The minimum Gasteiger partial charge on any atom is -0.354 e. The first kappa shape index (κ1) is 34.6. The van der Waals surface area contributed by atoms with Gasteiger partial charge >= 0.3 is 6.18 Å². The standard InChI is InChI=1S/C32H37F4N3O4S/c1-3-4-19-37-31(41)29(21-24-12-6-5-7-13-24)38(23-25-14-8-9-17-28(25)33)30(40)18-11-20-39(44(2,42)43)27-16-10-15-26(22-27)32(34,35)36/h5-10,12-17,22,29H,3-4,11,18-21,23H2,1-2H3,(H,37,41)/t29-/m1/s1. The molecule has 44 heavy (non-hydrogen) atoms. The molecule has 7 nitrogen and oxygen atoms in total. The molecule has 0 aromatic heterocycles. The number of nitrogens with zero attached hydrogens (tertiary/aromatic N) is 2. The summed E-state index contributed by atoms with van der Waals surface area (Å²) in [5.41, 5.74) is -0.215. The fourth-order valence-corrected chi connectivity index (χ4v) is 5.67. The maximum absolute atomic E-state index is 14.8. The van der Waals surface area contributed by atoms with E-state index in [1.807, 2.05) is 25.1 Å². The number of amides is 2. The van der Waals surface area contributed by atoms with Gasteiger partial charge in [0.25, 0.3) is 0 Å². The Morgan fingerprint density at radius 1 is 0.932 bits per heavy atom. The molecule has 0 fully saturated rings. The fourth-order valence-electron chi connectivity index (χ4n) is 4.71. The minimum absolute atomic E-state index is 0.0641. The summed E-state index contributed by atoms with van der Waals surface area (Å²) >= 11 is 0. The topological polar surface area (TPSA) is 86.8 Å². The number of benzene rings is 3. The molecule has 3 rings (SSSR count). The molecule has 238 valence electrons. The van der Waals surface area contributed by atoms with Crippen LogP contribution in [-0.4, -0.2) is 50.5 Å². The quantitative estimate of drug-likeness (QED) is 0.165. The van der Waals surface area contributed by atoms with Gasteiger partial charge in [-0.3, -0.25) is 13.9 Å². The van der Waals surface area contributed by atoms with Gasteiger partial charge < -0.3 is 10.2 Å². The Morgan fingerprint density at radius 3 is 2.25 bits per heavy atom. The normalized spacial score (nSPS) is 12.4. The summed E-state index contributed by atoms with van der Waals surface area (Å²) in [4.78, 5) is 28.6. The Kier molecular flexibility index (Phi) is 12.3. The maximum Gasteiger partial charge on any atom is 0.416 e. The number of anilines is 1. The molecule has 0 unspecified atom stereocenters.